The summed E-state index contributed by atoms with van der Waals surface area (Å²) in [5.74, 6) is 0.305. The minimum absolute atomic E-state index is 0.305. The Hall–Kier alpha value is -1.97. The van der Waals surface area contributed by atoms with Gasteiger partial charge in [0.15, 0.2) is 5.13 Å². The van der Waals surface area contributed by atoms with Gasteiger partial charge >= 0.3 is 6.03 Å². The van der Waals surface area contributed by atoms with Crippen molar-refractivity contribution in [2.75, 3.05) is 9.62 Å². The zero-order valence-corrected chi connectivity index (χ0v) is 13.6. The van der Waals surface area contributed by atoms with Gasteiger partial charge in [0.05, 0.1) is 5.69 Å². The second-order valence-electron chi connectivity index (χ2n) is 4.76. The third kappa shape index (κ3) is 3.81. The van der Waals surface area contributed by atoms with Crippen LogP contribution in [0.5, 0.6) is 0 Å². The highest BCUT2D eigenvalue weighted by Crippen LogP contribution is 2.32. The van der Waals surface area contributed by atoms with E-state index in [9.17, 15) is 13.6 Å². The zero-order chi connectivity index (χ0) is 16.3. The molecule has 0 aliphatic heterocycles. The lowest BCUT2D eigenvalue weighted by molar-refractivity contribution is 0.256. The van der Waals surface area contributed by atoms with Crippen molar-refractivity contribution >= 4 is 45.1 Å². The summed E-state index contributed by atoms with van der Waals surface area (Å²) >= 11 is -1.01. The zero-order valence-electron chi connectivity index (χ0n) is 12.0. The molecule has 2 aromatic rings. The number of aromatic nitrogens is 1. The maximum Gasteiger partial charge on any atom is 0.325 e. The van der Waals surface area contributed by atoms with E-state index in [2.05, 4.69) is 9.71 Å². The summed E-state index contributed by atoms with van der Waals surface area (Å²) in [6.45, 7) is 4.07. The third-order valence-electron chi connectivity index (χ3n) is 2.82. The Morgan fingerprint density at radius 1 is 1.41 bits per heavy atom. The van der Waals surface area contributed by atoms with Crippen molar-refractivity contribution in [3.05, 3.63) is 35.3 Å². The number of rotatable bonds is 5. The van der Waals surface area contributed by atoms with E-state index in [0.717, 1.165) is 4.88 Å². The number of primary amides is 1. The maximum absolute atomic E-state index is 11.7. The van der Waals surface area contributed by atoms with E-state index < -0.39 is 17.3 Å². The average molecular weight is 339 g/mol. The Labute approximate surface area is 134 Å². The van der Waals surface area contributed by atoms with E-state index >= 15 is 0 Å². The molecule has 1 aromatic heterocycles. The van der Waals surface area contributed by atoms with Crippen molar-refractivity contribution in [2.24, 2.45) is 5.73 Å². The van der Waals surface area contributed by atoms with E-state index in [4.69, 9.17) is 5.73 Å². The Kier molecular flexibility index (Phi) is 5.11. The number of thiazole rings is 1. The second kappa shape index (κ2) is 6.86. The normalized spacial score (nSPS) is 12.2. The lowest BCUT2D eigenvalue weighted by Crippen LogP contribution is -2.31. The lowest BCUT2D eigenvalue weighted by atomic mass is 10.2. The van der Waals surface area contributed by atoms with Crippen LogP contribution in [-0.2, 0) is 11.3 Å². The molecule has 1 unspecified atom stereocenters. The van der Waals surface area contributed by atoms with Crippen LogP contribution in [0, 0.1) is 0 Å². The van der Waals surface area contributed by atoms with Gasteiger partial charge in [-0.05, 0) is 30.2 Å². The van der Waals surface area contributed by atoms with Gasteiger partial charge in [-0.3, -0.25) is 4.21 Å². The molecule has 0 aliphatic carbocycles. The van der Waals surface area contributed by atoms with Crippen molar-refractivity contribution < 1.29 is 13.6 Å². The number of benzene rings is 1. The third-order valence-corrected chi connectivity index (χ3v) is 4.50. The van der Waals surface area contributed by atoms with Gasteiger partial charge in [-0.2, -0.15) is 0 Å². The van der Waals surface area contributed by atoms with Crippen LogP contribution in [0.25, 0.3) is 0 Å². The monoisotopic (exact) mass is 339 g/mol. The highest BCUT2D eigenvalue weighted by Gasteiger charge is 2.19. The highest BCUT2D eigenvalue weighted by atomic mass is 32.2. The smallest absolute Gasteiger partial charge is 0.325 e. The van der Waals surface area contributed by atoms with Crippen molar-refractivity contribution in [2.45, 2.75) is 19.8 Å². The van der Waals surface area contributed by atoms with Crippen LogP contribution >= 0.6 is 11.3 Å². The summed E-state index contributed by atoms with van der Waals surface area (Å²) in [4.78, 5) is 18.3. The van der Waals surface area contributed by atoms with Crippen LogP contribution in [-0.4, -0.2) is 19.8 Å². The number of hydrogen-bond acceptors (Lipinski definition) is 5. The number of nitrogens with two attached hydrogens (primary N) is 1. The van der Waals surface area contributed by atoms with E-state index in [-0.39, 0.29) is 0 Å². The number of hydrogen-bond donors (Lipinski definition) is 2. The quantitative estimate of drug-likeness (QED) is 0.816. The van der Waals surface area contributed by atoms with Crippen LogP contribution in [0.4, 0.5) is 21.3 Å². The minimum atomic E-state index is -2.40. The summed E-state index contributed by atoms with van der Waals surface area (Å²) < 4.78 is 23.4. The molecule has 0 bridgehead atoms. The fourth-order valence-corrected chi connectivity index (χ4v) is 3.03. The molecule has 1 atom stereocenters. The first-order valence-electron chi connectivity index (χ1n) is 6.39. The molecule has 1 heterocycles. The Balaban J connectivity index is 2.31. The largest absolute Gasteiger partial charge is 0.755 e. The molecule has 0 aliphatic rings. The first-order valence-corrected chi connectivity index (χ1v) is 8.29. The van der Waals surface area contributed by atoms with Crippen LogP contribution < -0.4 is 15.4 Å². The second-order valence-corrected chi connectivity index (χ2v) is 6.47. The average Bonchev–Trinajstić information content (AvgIpc) is 2.89. The molecule has 0 saturated carbocycles. The molecule has 1 aromatic carbocycles. The predicted octanol–water partition coefficient (Wildman–Crippen LogP) is 2.69. The molecule has 118 valence electrons. The fourth-order valence-electron chi connectivity index (χ4n) is 1.75. The molecule has 0 fully saturated rings. The van der Waals surface area contributed by atoms with Gasteiger partial charge in [-0.25, -0.2) is 14.7 Å². The van der Waals surface area contributed by atoms with Gasteiger partial charge in [-0.15, -0.1) is 11.3 Å². The number of carbonyl (C=O) groups is 1. The lowest BCUT2D eigenvalue weighted by Gasteiger charge is -2.18. The standard InChI is InChI=1S/C13H16N4O3S2/c1-8(2)11-7-15-13(21-11)17(12(14)18)10-5-3-9(4-6-10)16-22(19)20/h3-8,16H,1-2H3,(H2,14,18)(H,19,20)/p-1. The fraction of sp³-hybridized carbons (Fsp3) is 0.231. The highest BCUT2D eigenvalue weighted by molar-refractivity contribution is 7.80. The SMILES string of the molecule is CC(C)c1cnc(N(C(N)=O)c2ccc(NS(=O)[O-])cc2)s1. The van der Waals surface area contributed by atoms with E-state index in [0.29, 0.717) is 22.4 Å². The number of carbonyl (C=O) groups excluding carboxylic acids is 1. The molecule has 2 rings (SSSR count). The molecule has 9 heteroatoms. The molecular weight excluding hydrogens is 324 g/mol. The van der Waals surface area contributed by atoms with Crippen LogP contribution in [0.1, 0.15) is 24.6 Å². The number of anilines is 3. The summed E-state index contributed by atoms with van der Waals surface area (Å²) in [6, 6.07) is 5.61. The summed E-state index contributed by atoms with van der Waals surface area (Å²) in [7, 11) is 0. The predicted molar refractivity (Wildman–Crippen MR) is 86.9 cm³/mol. The molecule has 0 saturated heterocycles. The number of nitrogens with zero attached hydrogens (tertiary/aromatic N) is 2. The maximum atomic E-state index is 11.7. The van der Waals surface area contributed by atoms with Gasteiger partial charge < -0.3 is 15.0 Å². The van der Waals surface area contributed by atoms with Crippen LogP contribution in [0.15, 0.2) is 30.5 Å². The van der Waals surface area contributed by atoms with Crippen molar-refractivity contribution in [1.29, 1.82) is 0 Å². The molecule has 7 nitrogen and oxygen atoms in total. The summed E-state index contributed by atoms with van der Waals surface area (Å²) in [5, 5.41) is 0.476. The molecule has 2 amide bonds. The molecule has 0 spiro atoms. The van der Waals surface area contributed by atoms with Crippen molar-refractivity contribution in [3.63, 3.8) is 0 Å². The topological polar surface area (TPSA) is 111 Å². The number of amides is 2. The van der Waals surface area contributed by atoms with Gasteiger partial charge in [0.25, 0.3) is 0 Å². The molecule has 3 N–H and O–H groups in total. The first-order chi connectivity index (χ1) is 10.4. The molecule has 0 radical (unpaired) electrons. The minimum Gasteiger partial charge on any atom is -0.755 e. The Morgan fingerprint density at radius 3 is 2.50 bits per heavy atom. The Bertz CT molecular complexity index is 685. The molecular formula is C13H15N4O3S2-. The summed E-state index contributed by atoms with van der Waals surface area (Å²) in [6.07, 6.45) is 1.72. The van der Waals surface area contributed by atoms with Crippen molar-refractivity contribution in [3.8, 4) is 0 Å². The van der Waals surface area contributed by atoms with Crippen molar-refractivity contribution in [1.82, 2.24) is 4.98 Å². The first kappa shape index (κ1) is 16.4. The van der Waals surface area contributed by atoms with E-state index in [1.165, 1.54) is 28.4 Å². The van der Waals surface area contributed by atoms with Gasteiger partial charge in [0.2, 0.25) is 0 Å². The van der Waals surface area contributed by atoms with Gasteiger partial charge in [0.1, 0.15) is 0 Å². The van der Waals surface area contributed by atoms with Crippen LogP contribution in [0.3, 0.4) is 0 Å². The van der Waals surface area contributed by atoms with Gasteiger partial charge in [0, 0.05) is 28.0 Å². The summed E-state index contributed by atoms with van der Waals surface area (Å²) in [5.41, 5.74) is 6.35. The number of urea groups is 1. The molecule has 22 heavy (non-hydrogen) atoms. The van der Waals surface area contributed by atoms with E-state index in [1.807, 2.05) is 13.8 Å². The van der Waals surface area contributed by atoms with Crippen LogP contribution in [0.2, 0.25) is 0 Å². The number of nitrogens with one attached hydrogen (secondary N) is 1. The van der Waals surface area contributed by atoms with Gasteiger partial charge in [-0.1, -0.05) is 13.8 Å². The van der Waals surface area contributed by atoms with E-state index in [1.54, 1.807) is 18.3 Å². The Morgan fingerprint density at radius 2 is 2.05 bits per heavy atom.